The van der Waals surface area contributed by atoms with Gasteiger partial charge in [-0.1, -0.05) is 17.7 Å². The Morgan fingerprint density at radius 1 is 1.24 bits per heavy atom. The molecule has 0 atom stereocenters. The van der Waals surface area contributed by atoms with Crippen LogP contribution in [-0.2, 0) is 14.3 Å². The van der Waals surface area contributed by atoms with Crippen molar-refractivity contribution >= 4 is 52.5 Å². The number of hydrogen-bond acceptors (Lipinski definition) is 5. The van der Waals surface area contributed by atoms with Crippen LogP contribution in [0.5, 0.6) is 0 Å². The van der Waals surface area contributed by atoms with Crippen molar-refractivity contribution in [1.29, 1.82) is 0 Å². The van der Waals surface area contributed by atoms with E-state index in [-0.39, 0.29) is 11.5 Å². The number of halogens is 1. The Balaban J connectivity index is 1.58. The fourth-order valence-corrected chi connectivity index (χ4v) is 3.17. The van der Waals surface area contributed by atoms with Crippen LogP contribution in [0, 0.1) is 0 Å². The molecule has 1 heterocycles. The van der Waals surface area contributed by atoms with Gasteiger partial charge in [-0.15, -0.1) is 11.8 Å². The molecule has 1 aliphatic rings. The smallest absolute Gasteiger partial charge is 0.338 e. The molecule has 0 saturated carbocycles. The zero-order chi connectivity index (χ0) is 17.8. The van der Waals surface area contributed by atoms with Crippen molar-refractivity contribution in [3.05, 3.63) is 53.1 Å². The normalized spacial score (nSPS) is 12.8. The lowest BCUT2D eigenvalue weighted by Crippen LogP contribution is -2.21. The first-order valence-corrected chi connectivity index (χ1v) is 8.67. The number of carbonyl (C=O) groups excluding carboxylic acids is 3. The summed E-state index contributed by atoms with van der Waals surface area (Å²) in [5, 5.41) is 5.77. The predicted molar refractivity (Wildman–Crippen MR) is 96.2 cm³/mol. The summed E-state index contributed by atoms with van der Waals surface area (Å²) < 4.78 is 5.01. The van der Waals surface area contributed by atoms with Crippen LogP contribution in [0.15, 0.2) is 47.4 Å². The number of benzene rings is 2. The average Bonchev–Trinajstić information content (AvgIpc) is 2.59. The van der Waals surface area contributed by atoms with E-state index in [2.05, 4.69) is 10.6 Å². The van der Waals surface area contributed by atoms with Gasteiger partial charge in [0.15, 0.2) is 6.61 Å². The SMILES string of the molecule is O=C(COC(=O)c1ccc2c(c1)NC(=O)CS2)Nc1cccc(Cl)c1. The van der Waals surface area contributed by atoms with Crippen LogP contribution in [-0.4, -0.2) is 30.1 Å². The van der Waals surface area contributed by atoms with Crippen molar-refractivity contribution < 1.29 is 19.1 Å². The standard InChI is InChI=1S/C17H13ClN2O4S/c18-11-2-1-3-12(7-11)19-15(21)8-24-17(23)10-4-5-14-13(6-10)20-16(22)9-25-14/h1-7H,8-9H2,(H,19,21)(H,20,22). The number of anilines is 2. The summed E-state index contributed by atoms with van der Waals surface area (Å²) in [5.74, 6) is -0.893. The molecule has 3 rings (SSSR count). The molecule has 0 fully saturated rings. The van der Waals surface area contributed by atoms with E-state index in [0.717, 1.165) is 4.90 Å². The molecule has 2 N–H and O–H groups in total. The van der Waals surface area contributed by atoms with E-state index >= 15 is 0 Å². The minimum absolute atomic E-state index is 0.121. The van der Waals surface area contributed by atoms with E-state index in [1.807, 2.05) is 0 Å². The summed E-state index contributed by atoms with van der Waals surface area (Å²) in [4.78, 5) is 36.2. The van der Waals surface area contributed by atoms with Gasteiger partial charge in [0.1, 0.15) is 0 Å². The van der Waals surface area contributed by atoms with Crippen LogP contribution in [0.1, 0.15) is 10.4 Å². The monoisotopic (exact) mass is 376 g/mol. The zero-order valence-electron chi connectivity index (χ0n) is 12.9. The molecule has 2 amide bonds. The quantitative estimate of drug-likeness (QED) is 0.800. The van der Waals surface area contributed by atoms with Crippen molar-refractivity contribution in [3.63, 3.8) is 0 Å². The van der Waals surface area contributed by atoms with Gasteiger partial charge in [0.05, 0.1) is 17.0 Å². The Morgan fingerprint density at radius 3 is 2.88 bits per heavy atom. The molecule has 0 unspecified atom stereocenters. The molecule has 2 aromatic rings. The lowest BCUT2D eigenvalue weighted by molar-refractivity contribution is -0.119. The molecular formula is C17H13ClN2O4S. The highest BCUT2D eigenvalue weighted by Crippen LogP contribution is 2.32. The van der Waals surface area contributed by atoms with Gasteiger partial charge in [0.2, 0.25) is 5.91 Å². The molecule has 25 heavy (non-hydrogen) atoms. The number of nitrogens with one attached hydrogen (secondary N) is 2. The molecule has 0 spiro atoms. The lowest BCUT2D eigenvalue weighted by Gasteiger charge is -2.16. The molecule has 2 aromatic carbocycles. The van der Waals surface area contributed by atoms with E-state index in [9.17, 15) is 14.4 Å². The highest BCUT2D eigenvalue weighted by atomic mass is 35.5. The largest absolute Gasteiger partial charge is 0.452 e. The molecule has 6 nitrogen and oxygen atoms in total. The molecule has 0 bridgehead atoms. The fraction of sp³-hybridized carbons (Fsp3) is 0.118. The van der Waals surface area contributed by atoms with Gasteiger partial charge in [0.25, 0.3) is 5.91 Å². The highest BCUT2D eigenvalue weighted by molar-refractivity contribution is 8.00. The number of amides is 2. The first-order valence-electron chi connectivity index (χ1n) is 7.30. The van der Waals surface area contributed by atoms with Gasteiger partial charge in [-0.2, -0.15) is 0 Å². The zero-order valence-corrected chi connectivity index (χ0v) is 14.4. The van der Waals surface area contributed by atoms with Crippen LogP contribution < -0.4 is 10.6 Å². The lowest BCUT2D eigenvalue weighted by atomic mass is 10.2. The maximum Gasteiger partial charge on any atom is 0.338 e. The maximum atomic E-state index is 12.1. The third-order valence-corrected chi connectivity index (χ3v) is 4.60. The molecule has 0 radical (unpaired) electrons. The van der Waals surface area contributed by atoms with Crippen molar-refractivity contribution in [3.8, 4) is 0 Å². The van der Waals surface area contributed by atoms with E-state index in [4.69, 9.17) is 16.3 Å². The fourth-order valence-electron chi connectivity index (χ4n) is 2.19. The number of fused-ring (bicyclic) bond motifs is 1. The second-order valence-corrected chi connectivity index (χ2v) is 6.64. The van der Waals surface area contributed by atoms with E-state index in [1.54, 1.807) is 36.4 Å². The summed E-state index contributed by atoms with van der Waals surface area (Å²) in [7, 11) is 0. The van der Waals surface area contributed by atoms with Gasteiger partial charge in [0, 0.05) is 15.6 Å². The number of ether oxygens (including phenoxy) is 1. The second kappa shape index (κ2) is 7.58. The first-order chi connectivity index (χ1) is 12.0. The average molecular weight is 377 g/mol. The van der Waals surface area contributed by atoms with Gasteiger partial charge in [-0.25, -0.2) is 4.79 Å². The third-order valence-electron chi connectivity index (χ3n) is 3.29. The van der Waals surface area contributed by atoms with Crippen molar-refractivity contribution in [2.24, 2.45) is 0 Å². The summed E-state index contributed by atoms with van der Waals surface area (Å²) in [6, 6.07) is 11.5. The Kier molecular flexibility index (Phi) is 5.25. The first kappa shape index (κ1) is 17.3. The van der Waals surface area contributed by atoms with E-state index in [0.29, 0.717) is 22.2 Å². The number of rotatable bonds is 4. The van der Waals surface area contributed by atoms with Crippen LogP contribution in [0.4, 0.5) is 11.4 Å². The van der Waals surface area contributed by atoms with Crippen LogP contribution in [0.2, 0.25) is 5.02 Å². The van der Waals surface area contributed by atoms with Crippen LogP contribution in [0.25, 0.3) is 0 Å². The summed E-state index contributed by atoms with van der Waals surface area (Å²) in [6.45, 7) is -0.427. The van der Waals surface area contributed by atoms with Crippen molar-refractivity contribution in [2.45, 2.75) is 4.90 Å². The second-order valence-electron chi connectivity index (χ2n) is 5.18. The van der Waals surface area contributed by atoms with Crippen molar-refractivity contribution in [2.75, 3.05) is 23.0 Å². The number of thioether (sulfide) groups is 1. The Bertz CT molecular complexity index is 856. The molecule has 1 aliphatic heterocycles. The molecular weight excluding hydrogens is 364 g/mol. The van der Waals surface area contributed by atoms with Gasteiger partial charge in [-0.3, -0.25) is 9.59 Å². The van der Waals surface area contributed by atoms with Gasteiger partial charge >= 0.3 is 5.97 Å². The number of carbonyl (C=O) groups is 3. The highest BCUT2D eigenvalue weighted by Gasteiger charge is 2.18. The summed E-state index contributed by atoms with van der Waals surface area (Å²) >= 11 is 7.23. The Morgan fingerprint density at radius 2 is 2.08 bits per heavy atom. The van der Waals surface area contributed by atoms with Crippen LogP contribution >= 0.6 is 23.4 Å². The summed E-state index contributed by atoms with van der Waals surface area (Å²) in [6.07, 6.45) is 0. The van der Waals surface area contributed by atoms with E-state index in [1.165, 1.54) is 17.8 Å². The van der Waals surface area contributed by atoms with Gasteiger partial charge < -0.3 is 15.4 Å². The number of esters is 1. The predicted octanol–water partition coefficient (Wildman–Crippen LogP) is 3.18. The third kappa shape index (κ3) is 4.52. The Hall–Kier alpha value is -2.51. The number of hydrogen-bond donors (Lipinski definition) is 2. The summed E-state index contributed by atoms with van der Waals surface area (Å²) in [5.41, 5.74) is 1.35. The molecule has 0 aliphatic carbocycles. The molecule has 0 saturated heterocycles. The van der Waals surface area contributed by atoms with E-state index < -0.39 is 18.5 Å². The molecule has 0 aromatic heterocycles. The molecule has 8 heteroatoms. The minimum Gasteiger partial charge on any atom is -0.452 e. The maximum absolute atomic E-state index is 12.1. The minimum atomic E-state index is -0.645. The topological polar surface area (TPSA) is 84.5 Å². The molecule has 128 valence electrons. The Labute approximate surface area is 152 Å². The van der Waals surface area contributed by atoms with Crippen LogP contribution in [0.3, 0.4) is 0 Å². The van der Waals surface area contributed by atoms with Crippen molar-refractivity contribution in [1.82, 2.24) is 0 Å². The van der Waals surface area contributed by atoms with Gasteiger partial charge in [-0.05, 0) is 36.4 Å².